The number of ether oxygens (including phenoxy) is 2. The Labute approximate surface area is 138 Å². The standard InChI is InChI=1S/C17H19NO4S/c1-10(2)21-16(20)13-12-5-6-17(22-12)9-18(15(19)14(13)17)8-11-4-3-7-23-11/h3-7,10,12-14H,8-9H2,1-2H3/t12-,13+,14-,17+/m0/s1. The molecule has 1 amide bonds. The summed E-state index contributed by atoms with van der Waals surface area (Å²) in [5.41, 5.74) is -0.653. The van der Waals surface area contributed by atoms with Crippen molar-refractivity contribution in [2.24, 2.45) is 11.8 Å². The fourth-order valence-corrected chi connectivity index (χ4v) is 4.60. The van der Waals surface area contributed by atoms with Crippen molar-refractivity contribution in [2.75, 3.05) is 6.54 Å². The van der Waals surface area contributed by atoms with Gasteiger partial charge in [0.25, 0.3) is 0 Å². The third kappa shape index (κ3) is 2.23. The van der Waals surface area contributed by atoms with E-state index in [-0.39, 0.29) is 24.1 Å². The number of hydrogen-bond donors (Lipinski definition) is 0. The lowest BCUT2D eigenvalue weighted by Gasteiger charge is -2.23. The molecule has 0 radical (unpaired) electrons. The summed E-state index contributed by atoms with van der Waals surface area (Å²) < 4.78 is 11.4. The number of likely N-dealkylation sites (tertiary alicyclic amines) is 1. The second kappa shape index (κ2) is 5.18. The van der Waals surface area contributed by atoms with Gasteiger partial charge in [-0.2, -0.15) is 0 Å². The minimum atomic E-state index is -0.653. The monoisotopic (exact) mass is 333 g/mol. The van der Waals surface area contributed by atoms with E-state index >= 15 is 0 Å². The molecule has 2 bridgehead atoms. The molecule has 0 saturated carbocycles. The first-order valence-electron chi connectivity index (χ1n) is 7.89. The molecule has 122 valence electrons. The van der Waals surface area contributed by atoms with E-state index in [9.17, 15) is 9.59 Å². The molecule has 5 nitrogen and oxygen atoms in total. The van der Waals surface area contributed by atoms with Crippen molar-refractivity contribution in [3.8, 4) is 0 Å². The Morgan fingerprint density at radius 2 is 2.39 bits per heavy atom. The lowest BCUT2D eigenvalue weighted by atomic mass is 9.77. The zero-order valence-corrected chi connectivity index (χ0v) is 13.9. The number of carbonyl (C=O) groups excluding carboxylic acids is 2. The van der Waals surface area contributed by atoms with Gasteiger partial charge in [-0.05, 0) is 25.3 Å². The summed E-state index contributed by atoms with van der Waals surface area (Å²) >= 11 is 1.63. The van der Waals surface area contributed by atoms with Gasteiger partial charge in [0.1, 0.15) is 11.5 Å². The van der Waals surface area contributed by atoms with Gasteiger partial charge in [-0.1, -0.05) is 18.2 Å². The van der Waals surface area contributed by atoms with Crippen LogP contribution in [0.1, 0.15) is 18.7 Å². The largest absolute Gasteiger partial charge is 0.463 e. The van der Waals surface area contributed by atoms with Crippen molar-refractivity contribution in [2.45, 2.75) is 38.2 Å². The average molecular weight is 333 g/mol. The fraction of sp³-hybridized carbons (Fsp3) is 0.529. The second-order valence-electron chi connectivity index (χ2n) is 6.66. The summed E-state index contributed by atoms with van der Waals surface area (Å²) in [6.07, 6.45) is 3.35. The molecule has 23 heavy (non-hydrogen) atoms. The highest BCUT2D eigenvalue weighted by atomic mass is 32.1. The zero-order valence-electron chi connectivity index (χ0n) is 13.1. The van der Waals surface area contributed by atoms with E-state index in [0.717, 1.165) is 4.88 Å². The van der Waals surface area contributed by atoms with Gasteiger partial charge in [-0.3, -0.25) is 9.59 Å². The SMILES string of the molecule is CC(C)OC(=O)[C@@H]1[C@@H]2C=C[C@]3(CN(Cc4cccs4)C(=O)[C@H]13)O2. The highest BCUT2D eigenvalue weighted by molar-refractivity contribution is 7.09. The third-order valence-corrected chi connectivity index (χ3v) is 5.59. The summed E-state index contributed by atoms with van der Waals surface area (Å²) in [6, 6.07) is 3.99. The molecular formula is C17H19NO4S. The van der Waals surface area contributed by atoms with E-state index in [2.05, 4.69) is 0 Å². The molecule has 4 heterocycles. The summed E-state index contributed by atoms with van der Waals surface area (Å²) in [5, 5.41) is 2.00. The molecule has 2 fully saturated rings. The van der Waals surface area contributed by atoms with E-state index in [4.69, 9.17) is 9.47 Å². The van der Waals surface area contributed by atoms with E-state index in [1.54, 1.807) is 16.2 Å². The molecule has 3 aliphatic rings. The van der Waals surface area contributed by atoms with Crippen LogP contribution in [0.2, 0.25) is 0 Å². The Hall–Kier alpha value is -1.66. The maximum absolute atomic E-state index is 12.9. The predicted octanol–water partition coefficient (Wildman–Crippen LogP) is 1.98. The predicted molar refractivity (Wildman–Crippen MR) is 84.7 cm³/mol. The maximum atomic E-state index is 12.9. The Morgan fingerprint density at radius 3 is 3.09 bits per heavy atom. The van der Waals surface area contributed by atoms with E-state index in [0.29, 0.717) is 13.1 Å². The zero-order chi connectivity index (χ0) is 16.2. The lowest BCUT2D eigenvalue weighted by molar-refractivity contribution is -0.157. The molecule has 6 heteroatoms. The van der Waals surface area contributed by atoms with Crippen LogP contribution in [0.15, 0.2) is 29.7 Å². The number of rotatable bonds is 4. The molecule has 0 unspecified atom stereocenters. The van der Waals surface area contributed by atoms with Gasteiger partial charge in [-0.15, -0.1) is 11.3 Å². The smallest absolute Gasteiger partial charge is 0.313 e. The Morgan fingerprint density at radius 1 is 1.57 bits per heavy atom. The van der Waals surface area contributed by atoms with Gasteiger partial charge in [-0.25, -0.2) is 0 Å². The minimum Gasteiger partial charge on any atom is -0.463 e. The van der Waals surface area contributed by atoms with Crippen LogP contribution < -0.4 is 0 Å². The average Bonchev–Trinajstić information content (AvgIpc) is 3.21. The van der Waals surface area contributed by atoms with Crippen molar-refractivity contribution in [3.05, 3.63) is 34.5 Å². The molecule has 4 atom stereocenters. The van der Waals surface area contributed by atoms with Crippen LogP contribution in [0.5, 0.6) is 0 Å². The van der Waals surface area contributed by atoms with Crippen LogP contribution in [0, 0.1) is 11.8 Å². The lowest BCUT2D eigenvalue weighted by Crippen LogP contribution is -2.40. The molecule has 0 aromatic carbocycles. The first-order chi connectivity index (χ1) is 11.0. The number of hydrogen-bond acceptors (Lipinski definition) is 5. The molecule has 3 aliphatic heterocycles. The van der Waals surface area contributed by atoms with Crippen molar-refractivity contribution < 1.29 is 19.1 Å². The number of esters is 1. The first-order valence-corrected chi connectivity index (χ1v) is 8.77. The van der Waals surface area contributed by atoms with Gasteiger partial charge in [0.15, 0.2) is 0 Å². The van der Waals surface area contributed by atoms with Crippen molar-refractivity contribution in [3.63, 3.8) is 0 Å². The quantitative estimate of drug-likeness (QED) is 0.624. The molecular weight excluding hydrogens is 314 g/mol. The number of nitrogens with zero attached hydrogens (tertiary/aromatic N) is 1. The molecule has 0 aliphatic carbocycles. The third-order valence-electron chi connectivity index (χ3n) is 4.73. The van der Waals surface area contributed by atoms with E-state index in [1.807, 2.05) is 43.5 Å². The highest BCUT2D eigenvalue weighted by Gasteiger charge is 2.67. The first kappa shape index (κ1) is 14.9. The summed E-state index contributed by atoms with van der Waals surface area (Å²) in [7, 11) is 0. The molecule has 1 spiro atoms. The summed E-state index contributed by atoms with van der Waals surface area (Å²) in [4.78, 5) is 28.3. The van der Waals surface area contributed by atoms with Crippen LogP contribution in [-0.2, 0) is 25.6 Å². The van der Waals surface area contributed by atoms with Crippen LogP contribution >= 0.6 is 11.3 Å². The molecule has 1 aromatic heterocycles. The highest BCUT2D eigenvalue weighted by Crippen LogP contribution is 2.52. The van der Waals surface area contributed by atoms with E-state index in [1.165, 1.54) is 0 Å². The minimum absolute atomic E-state index is 0.00374. The van der Waals surface area contributed by atoms with Gasteiger partial charge in [0.2, 0.25) is 5.91 Å². The van der Waals surface area contributed by atoms with Crippen molar-refractivity contribution >= 4 is 23.2 Å². The summed E-state index contributed by atoms with van der Waals surface area (Å²) in [6.45, 7) is 4.71. The Bertz CT molecular complexity index is 668. The second-order valence-corrected chi connectivity index (χ2v) is 7.69. The molecule has 0 N–H and O–H groups in total. The van der Waals surface area contributed by atoms with E-state index < -0.39 is 17.4 Å². The van der Waals surface area contributed by atoms with Crippen LogP contribution in [0.3, 0.4) is 0 Å². The number of thiophene rings is 1. The number of fused-ring (bicyclic) bond motifs is 1. The Kier molecular flexibility index (Phi) is 3.35. The molecule has 1 aromatic rings. The van der Waals surface area contributed by atoms with Gasteiger partial charge in [0.05, 0.1) is 31.2 Å². The molecule has 2 saturated heterocycles. The fourth-order valence-electron chi connectivity index (χ4n) is 3.88. The van der Waals surface area contributed by atoms with Crippen molar-refractivity contribution in [1.29, 1.82) is 0 Å². The summed E-state index contributed by atoms with van der Waals surface area (Å²) in [5.74, 6) is -1.31. The van der Waals surface area contributed by atoms with Gasteiger partial charge >= 0.3 is 5.97 Å². The van der Waals surface area contributed by atoms with Gasteiger partial charge < -0.3 is 14.4 Å². The van der Waals surface area contributed by atoms with Crippen molar-refractivity contribution in [1.82, 2.24) is 4.90 Å². The molecule has 4 rings (SSSR count). The van der Waals surface area contributed by atoms with Crippen LogP contribution in [0.4, 0.5) is 0 Å². The number of carbonyl (C=O) groups is 2. The maximum Gasteiger partial charge on any atom is 0.313 e. The van der Waals surface area contributed by atoms with Gasteiger partial charge in [0, 0.05) is 4.88 Å². The number of amides is 1. The van der Waals surface area contributed by atoms with Crippen LogP contribution in [0.25, 0.3) is 0 Å². The normalized spacial score (nSPS) is 34.5. The Balaban J connectivity index is 1.59. The van der Waals surface area contributed by atoms with Crippen LogP contribution in [-0.4, -0.2) is 41.1 Å². The topological polar surface area (TPSA) is 55.8 Å².